The molecule has 1 amide bonds. The van der Waals surface area contributed by atoms with Crippen molar-refractivity contribution in [2.45, 2.75) is 6.92 Å². The number of carbonyl (C=O) groups excluding carboxylic acids is 1. The summed E-state index contributed by atoms with van der Waals surface area (Å²) in [6.07, 6.45) is -0.442. The molecular weight excluding hydrogens is 209 g/mol. The second-order valence-corrected chi connectivity index (χ2v) is 4.94. The third kappa shape index (κ3) is 4.41. The Hall–Kier alpha value is -0.840. The van der Waals surface area contributed by atoms with Crippen molar-refractivity contribution in [1.29, 1.82) is 0 Å². The Kier molecular flexibility index (Phi) is 5.45. The molecule has 0 saturated carbocycles. The lowest BCUT2D eigenvalue weighted by molar-refractivity contribution is -0.116. The molecule has 7 heteroatoms. The van der Waals surface area contributed by atoms with Crippen LogP contribution in [0.5, 0.6) is 0 Å². The van der Waals surface area contributed by atoms with Gasteiger partial charge < -0.3 is 20.1 Å². The van der Waals surface area contributed by atoms with Crippen molar-refractivity contribution in [2.75, 3.05) is 19.7 Å². The van der Waals surface area contributed by atoms with Crippen molar-refractivity contribution in [3.05, 3.63) is 11.8 Å². The van der Waals surface area contributed by atoms with E-state index in [0.29, 0.717) is 0 Å². The summed E-state index contributed by atoms with van der Waals surface area (Å²) in [5, 5.41) is 19.6. The molecule has 0 aromatic rings. The highest BCUT2D eigenvalue weighted by Crippen LogP contribution is 2.46. The first kappa shape index (κ1) is 13.2. The van der Waals surface area contributed by atoms with Crippen molar-refractivity contribution in [3.8, 4) is 0 Å². The molecule has 0 spiro atoms. The SMILES string of the molecule is CNC(=O)/C=C(\C)OP(=O)(CO)CO. The summed E-state index contributed by atoms with van der Waals surface area (Å²) >= 11 is 0. The summed E-state index contributed by atoms with van der Waals surface area (Å²) in [6.45, 7) is 1.41. The van der Waals surface area contributed by atoms with E-state index in [9.17, 15) is 9.36 Å². The van der Waals surface area contributed by atoms with Gasteiger partial charge >= 0.3 is 0 Å². The molecule has 0 radical (unpaired) electrons. The van der Waals surface area contributed by atoms with Crippen LogP contribution in [0.1, 0.15) is 6.92 Å². The fourth-order valence-corrected chi connectivity index (χ4v) is 1.43. The minimum Gasteiger partial charge on any atom is -0.445 e. The van der Waals surface area contributed by atoms with Crippen LogP contribution in [0.15, 0.2) is 11.8 Å². The van der Waals surface area contributed by atoms with Gasteiger partial charge in [-0.3, -0.25) is 9.36 Å². The molecule has 14 heavy (non-hydrogen) atoms. The zero-order chi connectivity index (χ0) is 11.2. The molecule has 3 N–H and O–H groups in total. The van der Waals surface area contributed by atoms with Gasteiger partial charge in [0, 0.05) is 13.1 Å². The number of allylic oxidation sites excluding steroid dienone is 1. The van der Waals surface area contributed by atoms with E-state index in [2.05, 4.69) is 5.32 Å². The average Bonchev–Trinajstić information content (AvgIpc) is 2.17. The van der Waals surface area contributed by atoms with E-state index in [1.807, 2.05) is 0 Å². The van der Waals surface area contributed by atoms with Gasteiger partial charge in [0.25, 0.3) is 7.37 Å². The summed E-state index contributed by atoms with van der Waals surface area (Å²) in [7, 11) is -2.01. The highest BCUT2D eigenvalue weighted by Gasteiger charge is 2.22. The van der Waals surface area contributed by atoms with Crippen LogP contribution in [0.2, 0.25) is 0 Å². The molecule has 0 heterocycles. The lowest BCUT2D eigenvalue weighted by Crippen LogP contribution is -2.15. The van der Waals surface area contributed by atoms with E-state index < -0.39 is 26.0 Å². The number of rotatable bonds is 5. The first-order valence-electron chi connectivity index (χ1n) is 3.87. The largest absolute Gasteiger partial charge is 0.445 e. The Morgan fingerprint density at radius 1 is 1.50 bits per heavy atom. The Balaban J connectivity index is 4.44. The second-order valence-electron chi connectivity index (χ2n) is 2.56. The average molecular weight is 223 g/mol. The fourth-order valence-electron chi connectivity index (χ4n) is 0.648. The van der Waals surface area contributed by atoms with Crippen molar-refractivity contribution in [3.63, 3.8) is 0 Å². The summed E-state index contributed by atoms with van der Waals surface area (Å²) in [6, 6.07) is 0. The van der Waals surface area contributed by atoms with Crippen LogP contribution in [-0.2, 0) is 13.9 Å². The molecule has 0 aliphatic carbocycles. The zero-order valence-corrected chi connectivity index (χ0v) is 8.95. The van der Waals surface area contributed by atoms with Gasteiger partial charge in [0.2, 0.25) is 5.91 Å². The van der Waals surface area contributed by atoms with Gasteiger partial charge in [-0.2, -0.15) is 0 Å². The Morgan fingerprint density at radius 2 is 2.00 bits per heavy atom. The molecule has 82 valence electrons. The van der Waals surface area contributed by atoms with Gasteiger partial charge in [0.05, 0.1) is 0 Å². The molecule has 0 unspecified atom stereocenters. The number of likely N-dealkylation sites (N-methyl/N-ethyl adjacent to an activating group) is 1. The molecule has 0 aromatic heterocycles. The lowest BCUT2D eigenvalue weighted by Gasteiger charge is -2.14. The van der Waals surface area contributed by atoms with E-state index in [4.69, 9.17) is 14.7 Å². The smallest absolute Gasteiger partial charge is 0.296 e. The highest BCUT2D eigenvalue weighted by molar-refractivity contribution is 7.58. The monoisotopic (exact) mass is 223 g/mol. The van der Waals surface area contributed by atoms with Crippen LogP contribution in [0, 0.1) is 0 Å². The van der Waals surface area contributed by atoms with Gasteiger partial charge in [-0.25, -0.2) is 0 Å². The number of hydrogen-bond donors (Lipinski definition) is 3. The first-order chi connectivity index (χ1) is 6.47. The molecule has 0 aliphatic heterocycles. The van der Waals surface area contributed by atoms with Crippen LogP contribution in [0.3, 0.4) is 0 Å². The predicted molar refractivity (Wildman–Crippen MR) is 50.7 cm³/mol. The van der Waals surface area contributed by atoms with Crippen LogP contribution in [0.4, 0.5) is 0 Å². The topological polar surface area (TPSA) is 95.9 Å². The van der Waals surface area contributed by atoms with Crippen molar-refractivity contribution in [2.24, 2.45) is 0 Å². The van der Waals surface area contributed by atoms with Crippen molar-refractivity contribution < 1.29 is 24.1 Å². The Bertz CT molecular complexity index is 267. The van der Waals surface area contributed by atoms with E-state index >= 15 is 0 Å². The number of aliphatic hydroxyl groups is 2. The number of amides is 1. The van der Waals surface area contributed by atoms with Gasteiger partial charge in [-0.15, -0.1) is 0 Å². The number of carbonyl (C=O) groups is 1. The van der Waals surface area contributed by atoms with Crippen LogP contribution >= 0.6 is 7.37 Å². The molecular formula is C7H14NO5P. The third-order valence-electron chi connectivity index (χ3n) is 1.32. The Morgan fingerprint density at radius 3 is 2.36 bits per heavy atom. The second kappa shape index (κ2) is 5.80. The molecule has 6 nitrogen and oxygen atoms in total. The standard InChI is InChI=1S/C7H14NO5P/c1-6(3-7(11)8-2)13-14(12,4-9)5-10/h3,9-10H,4-5H2,1-2H3,(H,8,11)/b6-3+. The number of aliphatic hydroxyl groups excluding tert-OH is 2. The minimum absolute atomic E-state index is 0.0794. The normalized spacial score (nSPS) is 12.4. The molecule has 0 aliphatic rings. The van der Waals surface area contributed by atoms with Gasteiger partial charge in [-0.05, 0) is 6.92 Å². The maximum Gasteiger partial charge on any atom is 0.296 e. The number of hydrogen-bond acceptors (Lipinski definition) is 5. The molecule has 0 aromatic carbocycles. The van der Waals surface area contributed by atoms with Gasteiger partial charge in [0.15, 0.2) is 0 Å². The molecule has 0 rings (SSSR count). The summed E-state index contributed by atoms with van der Waals surface area (Å²) in [4.78, 5) is 10.8. The molecule has 0 fully saturated rings. The maximum absolute atomic E-state index is 11.3. The summed E-state index contributed by atoms with van der Waals surface area (Å²) < 4.78 is 16.1. The van der Waals surface area contributed by atoms with Gasteiger partial charge in [0.1, 0.15) is 18.5 Å². The first-order valence-corrected chi connectivity index (χ1v) is 5.86. The van der Waals surface area contributed by atoms with E-state index in [1.165, 1.54) is 14.0 Å². The molecule has 0 atom stereocenters. The quantitative estimate of drug-likeness (QED) is 0.341. The van der Waals surface area contributed by atoms with Crippen molar-refractivity contribution in [1.82, 2.24) is 5.32 Å². The van der Waals surface area contributed by atoms with Crippen LogP contribution in [-0.4, -0.2) is 35.9 Å². The zero-order valence-electron chi connectivity index (χ0n) is 8.06. The minimum atomic E-state index is -3.44. The Labute approximate surface area is 82.0 Å². The fraction of sp³-hybridized carbons (Fsp3) is 0.571. The lowest BCUT2D eigenvalue weighted by atomic mass is 10.5. The van der Waals surface area contributed by atoms with E-state index in [1.54, 1.807) is 0 Å². The van der Waals surface area contributed by atoms with Gasteiger partial charge in [-0.1, -0.05) is 0 Å². The van der Waals surface area contributed by atoms with E-state index in [0.717, 1.165) is 6.08 Å². The van der Waals surface area contributed by atoms with E-state index in [-0.39, 0.29) is 5.76 Å². The van der Waals surface area contributed by atoms with Crippen LogP contribution < -0.4 is 5.32 Å². The molecule has 0 saturated heterocycles. The summed E-state index contributed by atoms with van der Waals surface area (Å²) in [5.41, 5.74) is 0. The van der Waals surface area contributed by atoms with Crippen molar-refractivity contribution >= 4 is 13.3 Å². The maximum atomic E-state index is 11.3. The molecule has 0 bridgehead atoms. The predicted octanol–water partition coefficient (Wildman–Crippen LogP) is -0.170. The summed E-state index contributed by atoms with van der Waals surface area (Å²) in [5.74, 6) is -0.333. The number of nitrogens with one attached hydrogen (secondary N) is 1. The third-order valence-corrected chi connectivity index (χ3v) is 2.80. The highest BCUT2D eigenvalue weighted by atomic mass is 31.2. The van der Waals surface area contributed by atoms with Crippen LogP contribution in [0.25, 0.3) is 0 Å².